The van der Waals surface area contributed by atoms with Gasteiger partial charge in [-0.2, -0.15) is 5.10 Å². The van der Waals surface area contributed by atoms with Crippen LogP contribution in [0.4, 0.5) is 0 Å². The van der Waals surface area contributed by atoms with Crippen LogP contribution in [0.15, 0.2) is 55.2 Å². The third-order valence-corrected chi connectivity index (χ3v) is 8.03. The summed E-state index contributed by atoms with van der Waals surface area (Å²) in [6.45, 7) is 9.75. The summed E-state index contributed by atoms with van der Waals surface area (Å²) in [5.41, 5.74) is 5.77. The van der Waals surface area contributed by atoms with Crippen LogP contribution >= 0.6 is 0 Å². The van der Waals surface area contributed by atoms with Crippen LogP contribution in [0, 0.1) is 5.41 Å². The van der Waals surface area contributed by atoms with E-state index in [2.05, 4.69) is 70.6 Å². The number of aromatic nitrogens is 2. The highest BCUT2D eigenvalue weighted by atomic mass is 16.2. The lowest BCUT2D eigenvalue weighted by Gasteiger charge is -2.38. The van der Waals surface area contributed by atoms with Gasteiger partial charge in [0.1, 0.15) is 0 Å². The van der Waals surface area contributed by atoms with Gasteiger partial charge < -0.3 is 9.80 Å². The quantitative estimate of drug-likeness (QED) is 0.538. The molecule has 3 aliphatic rings. The van der Waals surface area contributed by atoms with E-state index in [0.29, 0.717) is 11.9 Å². The van der Waals surface area contributed by atoms with E-state index in [9.17, 15) is 4.79 Å². The molecular formula is C28H32N4O. The van der Waals surface area contributed by atoms with E-state index in [1.807, 2.05) is 11.1 Å². The molecule has 0 radical (unpaired) electrons. The average Bonchev–Trinajstić information content (AvgIpc) is 3.45. The molecule has 0 bridgehead atoms. The zero-order chi connectivity index (χ0) is 22.6. The predicted molar refractivity (Wildman–Crippen MR) is 133 cm³/mol. The molecule has 0 spiro atoms. The number of amides is 1. The third kappa shape index (κ3) is 3.64. The second-order valence-corrected chi connectivity index (χ2v) is 10.3. The monoisotopic (exact) mass is 440 g/mol. The minimum absolute atomic E-state index is 0.0755. The van der Waals surface area contributed by atoms with Crippen molar-refractivity contribution in [1.29, 1.82) is 0 Å². The van der Waals surface area contributed by atoms with Crippen LogP contribution < -0.4 is 0 Å². The summed E-state index contributed by atoms with van der Waals surface area (Å²) in [6.07, 6.45) is 7.89. The largest absolute Gasteiger partial charge is 0.368 e. The number of benzene rings is 2. The van der Waals surface area contributed by atoms with E-state index in [1.165, 1.54) is 41.3 Å². The molecule has 1 saturated heterocycles. The molecule has 0 unspecified atom stereocenters. The van der Waals surface area contributed by atoms with Gasteiger partial charge in [-0.05, 0) is 60.9 Å². The van der Waals surface area contributed by atoms with E-state index in [1.54, 1.807) is 0 Å². The summed E-state index contributed by atoms with van der Waals surface area (Å²) in [5.74, 6) is 0.340. The van der Waals surface area contributed by atoms with Gasteiger partial charge in [0.25, 0.3) is 0 Å². The standard InChI is InChI=1S/C28H32N4O/c1-20(30-14-16-31(17-15-30)27(33)28(2)12-13-28)21-6-8-22(9-7-21)23-10-11-26-24(18-23)19-29-32(26)25-4-3-5-25/h6-11,18-19,25H,1,3-5,12-17H2,2H3. The molecular weight excluding hydrogens is 408 g/mol. The number of nitrogens with zero attached hydrogens (tertiary/aromatic N) is 4. The van der Waals surface area contributed by atoms with E-state index < -0.39 is 0 Å². The molecule has 5 nitrogen and oxygen atoms in total. The topological polar surface area (TPSA) is 41.4 Å². The number of hydrogen-bond donors (Lipinski definition) is 0. The number of hydrogen-bond acceptors (Lipinski definition) is 3. The highest BCUT2D eigenvalue weighted by Gasteiger charge is 2.47. The van der Waals surface area contributed by atoms with Crippen LogP contribution in [0.5, 0.6) is 0 Å². The highest BCUT2D eigenvalue weighted by Crippen LogP contribution is 2.46. The van der Waals surface area contributed by atoms with E-state index in [0.717, 1.165) is 50.3 Å². The molecule has 1 aliphatic heterocycles. The fourth-order valence-electron chi connectivity index (χ4n) is 5.16. The van der Waals surface area contributed by atoms with Crippen LogP contribution in [0.3, 0.4) is 0 Å². The molecule has 2 saturated carbocycles. The summed E-state index contributed by atoms with van der Waals surface area (Å²) in [5, 5.41) is 5.86. The molecule has 2 aromatic carbocycles. The fourth-order valence-corrected chi connectivity index (χ4v) is 5.16. The summed E-state index contributed by atoms with van der Waals surface area (Å²) in [7, 11) is 0. The van der Waals surface area contributed by atoms with Crippen molar-refractivity contribution in [3.63, 3.8) is 0 Å². The normalized spacial score (nSPS) is 20.0. The molecule has 2 aliphatic carbocycles. The first kappa shape index (κ1) is 20.5. The first-order chi connectivity index (χ1) is 16.0. The third-order valence-electron chi connectivity index (χ3n) is 8.03. The molecule has 1 amide bonds. The molecule has 170 valence electrons. The molecule has 6 rings (SSSR count). The Morgan fingerprint density at radius 1 is 0.970 bits per heavy atom. The van der Waals surface area contributed by atoms with Gasteiger partial charge >= 0.3 is 0 Å². The van der Waals surface area contributed by atoms with Crippen molar-refractivity contribution in [3.8, 4) is 11.1 Å². The van der Waals surface area contributed by atoms with Crippen molar-refractivity contribution < 1.29 is 4.79 Å². The van der Waals surface area contributed by atoms with Gasteiger partial charge in [-0.1, -0.05) is 43.8 Å². The van der Waals surface area contributed by atoms with Gasteiger partial charge in [-0.25, -0.2) is 0 Å². The van der Waals surface area contributed by atoms with Crippen LogP contribution in [-0.4, -0.2) is 51.7 Å². The zero-order valence-electron chi connectivity index (χ0n) is 19.5. The second kappa shape index (κ2) is 7.75. The number of fused-ring (bicyclic) bond motifs is 1. The maximum Gasteiger partial charge on any atom is 0.228 e. The molecule has 5 heteroatoms. The fraction of sp³-hybridized carbons (Fsp3) is 0.429. The maximum absolute atomic E-state index is 12.6. The molecule has 0 N–H and O–H groups in total. The van der Waals surface area contributed by atoms with Gasteiger partial charge in [-0.15, -0.1) is 0 Å². The van der Waals surface area contributed by atoms with Crippen molar-refractivity contribution in [2.75, 3.05) is 26.2 Å². The van der Waals surface area contributed by atoms with E-state index in [4.69, 9.17) is 0 Å². The minimum atomic E-state index is -0.0755. The Morgan fingerprint density at radius 2 is 1.64 bits per heavy atom. The van der Waals surface area contributed by atoms with Crippen molar-refractivity contribution in [3.05, 3.63) is 60.8 Å². The van der Waals surface area contributed by atoms with Crippen molar-refractivity contribution >= 4 is 22.5 Å². The lowest BCUT2D eigenvalue weighted by molar-refractivity contribution is -0.137. The summed E-state index contributed by atoms with van der Waals surface area (Å²) in [4.78, 5) is 17.0. The molecule has 1 aromatic heterocycles. The summed E-state index contributed by atoms with van der Waals surface area (Å²) in [6, 6.07) is 16.0. The predicted octanol–water partition coefficient (Wildman–Crippen LogP) is 5.34. The minimum Gasteiger partial charge on any atom is -0.368 e. The zero-order valence-corrected chi connectivity index (χ0v) is 19.5. The van der Waals surface area contributed by atoms with Crippen molar-refractivity contribution in [1.82, 2.24) is 19.6 Å². The first-order valence-electron chi connectivity index (χ1n) is 12.3. The number of carbonyl (C=O) groups excluding carboxylic acids is 1. The Hall–Kier alpha value is -3.08. The Balaban J connectivity index is 1.13. The molecule has 33 heavy (non-hydrogen) atoms. The number of piperazine rings is 1. The Morgan fingerprint density at radius 3 is 2.27 bits per heavy atom. The molecule has 0 atom stereocenters. The second-order valence-electron chi connectivity index (χ2n) is 10.3. The first-order valence-corrected chi connectivity index (χ1v) is 12.3. The van der Waals surface area contributed by atoms with E-state index in [-0.39, 0.29) is 5.41 Å². The van der Waals surface area contributed by atoms with Gasteiger partial charge in [0, 0.05) is 42.7 Å². The Labute approximate surface area is 195 Å². The summed E-state index contributed by atoms with van der Waals surface area (Å²) >= 11 is 0. The average molecular weight is 441 g/mol. The van der Waals surface area contributed by atoms with Gasteiger partial charge in [0.2, 0.25) is 5.91 Å². The maximum atomic E-state index is 12.6. The SMILES string of the molecule is C=C(c1ccc(-c2ccc3c(cnn3C3CCC3)c2)cc1)N1CCN(C(=O)C2(C)CC2)CC1. The Kier molecular flexibility index (Phi) is 4.82. The van der Waals surface area contributed by atoms with Gasteiger partial charge in [0.15, 0.2) is 0 Å². The van der Waals surface area contributed by atoms with Gasteiger partial charge in [0.05, 0.1) is 17.8 Å². The molecule has 3 fully saturated rings. The Bertz CT molecular complexity index is 1210. The van der Waals surface area contributed by atoms with Crippen molar-refractivity contribution in [2.45, 2.75) is 45.1 Å². The highest BCUT2D eigenvalue weighted by molar-refractivity contribution is 5.86. The van der Waals surface area contributed by atoms with Crippen molar-refractivity contribution in [2.24, 2.45) is 5.41 Å². The van der Waals surface area contributed by atoms with E-state index >= 15 is 0 Å². The number of carbonyl (C=O) groups is 1. The smallest absolute Gasteiger partial charge is 0.228 e. The van der Waals surface area contributed by atoms with Gasteiger partial charge in [-0.3, -0.25) is 9.48 Å². The lowest BCUT2D eigenvalue weighted by Crippen LogP contribution is -2.49. The van der Waals surface area contributed by atoms with Crippen LogP contribution in [0.25, 0.3) is 27.7 Å². The van der Waals surface area contributed by atoms with Crippen LogP contribution in [0.2, 0.25) is 0 Å². The number of rotatable bonds is 5. The lowest BCUT2D eigenvalue weighted by atomic mass is 9.93. The molecule has 3 aromatic rings. The van der Waals surface area contributed by atoms with Crippen LogP contribution in [-0.2, 0) is 4.79 Å². The van der Waals surface area contributed by atoms with Crippen LogP contribution in [0.1, 0.15) is 50.6 Å². The summed E-state index contributed by atoms with van der Waals surface area (Å²) < 4.78 is 2.20. The molecule has 2 heterocycles.